The summed E-state index contributed by atoms with van der Waals surface area (Å²) in [6, 6.07) is 0. The summed E-state index contributed by atoms with van der Waals surface area (Å²) in [4.78, 5) is 20.5. The molecular weight excluding hydrogens is 192 g/mol. The van der Waals surface area contributed by atoms with Gasteiger partial charge in [0.25, 0.3) is 5.91 Å². The van der Waals surface area contributed by atoms with Crippen LogP contribution in [0, 0.1) is 5.92 Å². The van der Waals surface area contributed by atoms with E-state index >= 15 is 0 Å². The van der Waals surface area contributed by atoms with Gasteiger partial charge in [-0.3, -0.25) is 4.79 Å². The van der Waals surface area contributed by atoms with Crippen LogP contribution in [0.4, 0.5) is 0 Å². The highest BCUT2D eigenvalue weighted by Crippen LogP contribution is 2.16. The summed E-state index contributed by atoms with van der Waals surface area (Å²) in [5.41, 5.74) is 6.19. The Morgan fingerprint density at radius 3 is 3.27 bits per heavy atom. The van der Waals surface area contributed by atoms with Gasteiger partial charge in [0.05, 0.1) is 12.5 Å². The number of aromatic nitrogens is 2. The van der Waals surface area contributed by atoms with Gasteiger partial charge in [0, 0.05) is 13.1 Å². The maximum atomic E-state index is 11.9. The molecule has 1 amide bonds. The molecule has 1 fully saturated rings. The van der Waals surface area contributed by atoms with E-state index in [1.165, 1.54) is 6.33 Å². The molecule has 2 heterocycles. The molecule has 82 valence electrons. The second-order valence-corrected chi connectivity index (χ2v) is 3.96. The van der Waals surface area contributed by atoms with Gasteiger partial charge in [-0.05, 0) is 25.3 Å². The highest BCUT2D eigenvalue weighted by molar-refractivity contribution is 5.92. The molecule has 1 aliphatic heterocycles. The Balaban J connectivity index is 2.01. The number of imidazole rings is 1. The molecule has 0 unspecified atom stereocenters. The van der Waals surface area contributed by atoms with E-state index in [1.54, 1.807) is 6.20 Å². The predicted molar refractivity (Wildman–Crippen MR) is 56.3 cm³/mol. The van der Waals surface area contributed by atoms with Crippen LogP contribution in [0.5, 0.6) is 0 Å². The Morgan fingerprint density at radius 1 is 1.73 bits per heavy atom. The molecule has 5 heteroatoms. The fourth-order valence-electron chi connectivity index (χ4n) is 1.99. The number of hydrogen-bond donors (Lipinski definition) is 2. The number of nitrogens with one attached hydrogen (secondary N) is 1. The molecule has 1 saturated heterocycles. The summed E-state index contributed by atoms with van der Waals surface area (Å²) >= 11 is 0. The lowest BCUT2D eigenvalue weighted by atomic mass is 9.98. The minimum Gasteiger partial charge on any atom is -0.341 e. The lowest BCUT2D eigenvalue weighted by molar-refractivity contribution is 0.0673. The Hall–Kier alpha value is -1.36. The normalized spacial score (nSPS) is 21.7. The lowest BCUT2D eigenvalue weighted by Gasteiger charge is -2.31. The monoisotopic (exact) mass is 208 g/mol. The van der Waals surface area contributed by atoms with Crippen molar-refractivity contribution in [2.24, 2.45) is 11.7 Å². The highest BCUT2D eigenvalue weighted by Gasteiger charge is 2.24. The number of carbonyl (C=O) groups is 1. The average molecular weight is 208 g/mol. The molecule has 5 nitrogen and oxygen atoms in total. The first kappa shape index (κ1) is 10.2. The molecule has 0 aromatic carbocycles. The molecular formula is C10H16N4O. The van der Waals surface area contributed by atoms with Crippen LogP contribution in [0.1, 0.15) is 23.3 Å². The molecule has 1 atom stereocenters. The molecule has 1 aliphatic rings. The quantitative estimate of drug-likeness (QED) is 0.730. The van der Waals surface area contributed by atoms with Crippen molar-refractivity contribution in [2.45, 2.75) is 12.8 Å². The predicted octanol–water partition coefficient (Wildman–Crippen LogP) is 0.221. The van der Waals surface area contributed by atoms with Gasteiger partial charge in [0.2, 0.25) is 0 Å². The summed E-state index contributed by atoms with van der Waals surface area (Å²) in [5.74, 6) is 0.483. The summed E-state index contributed by atoms with van der Waals surface area (Å²) in [5, 5.41) is 0. The Morgan fingerprint density at radius 2 is 2.60 bits per heavy atom. The van der Waals surface area contributed by atoms with Crippen molar-refractivity contribution in [3.05, 3.63) is 18.2 Å². The average Bonchev–Trinajstić information content (AvgIpc) is 2.81. The van der Waals surface area contributed by atoms with Crippen molar-refractivity contribution in [2.75, 3.05) is 19.6 Å². The molecule has 0 bridgehead atoms. The van der Waals surface area contributed by atoms with Gasteiger partial charge < -0.3 is 15.6 Å². The molecule has 0 saturated carbocycles. The van der Waals surface area contributed by atoms with Gasteiger partial charge in [-0.2, -0.15) is 0 Å². The summed E-state index contributed by atoms with van der Waals surface area (Å²) < 4.78 is 0. The first-order valence-electron chi connectivity index (χ1n) is 5.29. The molecule has 1 aromatic rings. The van der Waals surface area contributed by atoms with E-state index in [4.69, 9.17) is 5.73 Å². The lowest BCUT2D eigenvalue weighted by Crippen LogP contribution is -2.42. The number of nitrogens with two attached hydrogens (primary N) is 1. The van der Waals surface area contributed by atoms with Crippen molar-refractivity contribution in [1.29, 1.82) is 0 Å². The number of hydrogen-bond acceptors (Lipinski definition) is 3. The third kappa shape index (κ3) is 2.18. The zero-order valence-corrected chi connectivity index (χ0v) is 8.65. The van der Waals surface area contributed by atoms with E-state index in [9.17, 15) is 4.79 Å². The zero-order valence-electron chi connectivity index (χ0n) is 8.65. The fourth-order valence-corrected chi connectivity index (χ4v) is 1.99. The zero-order chi connectivity index (χ0) is 10.7. The van der Waals surface area contributed by atoms with Crippen molar-refractivity contribution < 1.29 is 4.79 Å². The summed E-state index contributed by atoms with van der Waals surface area (Å²) in [6.45, 7) is 2.26. The molecule has 15 heavy (non-hydrogen) atoms. The maximum Gasteiger partial charge on any atom is 0.271 e. The third-order valence-corrected chi connectivity index (χ3v) is 2.87. The van der Waals surface area contributed by atoms with Crippen LogP contribution in [-0.2, 0) is 0 Å². The van der Waals surface area contributed by atoms with Crippen molar-refractivity contribution in [3.63, 3.8) is 0 Å². The second kappa shape index (κ2) is 4.44. The van der Waals surface area contributed by atoms with Gasteiger partial charge in [0.15, 0.2) is 0 Å². The first-order chi connectivity index (χ1) is 7.31. The maximum absolute atomic E-state index is 11.9. The number of H-pyrrole nitrogens is 1. The molecule has 0 spiro atoms. The Bertz CT molecular complexity index is 322. The van der Waals surface area contributed by atoms with Crippen LogP contribution in [-0.4, -0.2) is 40.4 Å². The van der Waals surface area contributed by atoms with Crippen LogP contribution < -0.4 is 5.73 Å². The van der Waals surface area contributed by atoms with Crippen LogP contribution >= 0.6 is 0 Å². The van der Waals surface area contributed by atoms with E-state index in [-0.39, 0.29) is 5.91 Å². The topological polar surface area (TPSA) is 75.0 Å². The third-order valence-electron chi connectivity index (χ3n) is 2.87. The number of nitrogens with zero attached hydrogens (tertiary/aromatic N) is 2. The largest absolute Gasteiger partial charge is 0.341 e. The van der Waals surface area contributed by atoms with Gasteiger partial charge >= 0.3 is 0 Å². The number of amides is 1. The smallest absolute Gasteiger partial charge is 0.271 e. The molecule has 0 aliphatic carbocycles. The summed E-state index contributed by atoms with van der Waals surface area (Å²) in [6.07, 6.45) is 5.26. The second-order valence-electron chi connectivity index (χ2n) is 3.96. The molecule has 2 rings (SSSR count). The van der Waals surface area contributed by atoms with E-state index in [1.807, 2.05) is 4.90 Å². The SMILES string of the molecule is NC[C@@H]1CCCN(C(=O)c2cnc[nH]2)C1. The van der Waals surface area contributed by atoms with Crippen LogP contribution in [0.25, 0.3) is 0 Å². The standard InChI is InChI=1S/C10H16N4O/c11-4-8-2-1-3-14(6-8)10(15)9-5-12-7-13-9/h5,7-8H,1-4,6,11H2,(H,12,13)/t8-/m0/s1. The van der Waals surface area contributed by atoms with Crippen molar-refractivity contribution in [3.8, 4) is 0 Å². The van der Waals surface area contributed by atoms with Crippen LogP contribution in [0.2, 0.25) is 0 Å². The van der Waals surface area contributed by atoms with E-state index < -0.39 is 0 Å². The number of carbonyl (C=O) groups excluding carboxylic acids is 1. The van der Waals surface area contributed by atoms with Gasteiger partial charge in [-0.25, -0.2) is 4.98 Å². The minimum atomic E-state index is 0.0330. The van der Waals surface area contributed by atoms with Crippen LogP contribution in [0.15, 0.2) is 12.5 Å². The number of aromatic amines is 1. The van der Waals surface area contributed by atoms with Gasteiger partial charge in [-0.15, -0.1) is 0 Å². The molecule has 3 N–H and O–H groups in total. The fraction of sp³-hybridized carbons (Fsp3) is 0.600. The number of likely N-dealkylation sites (tertiary alicyclic amines) is 1. The minimum absolute atomic E-state index is 0.0330. The van der Waals surface area contributed by atoms with E-state index in [0.717, 1.165) is 25.9 Å². The molecule has 1 aromatic heterocycles. The first-order valence-corrected chi connectivity index (χ1v) is 5.29. The summed E-state index contributed by atoms with van der Waals surface area (Å²) in [7, 11) is 0. The molecule has 0 radical (unpaired) electrons. The van der Waals surface area contributed by atoms with E-state index in [2.05, 4.69) is 9.97 Å². The highest BCUT2D eigenvalue weighted by atomic mass is 16.2. The van der Waals surface area contributed by atoms with Gasteiger partial charge in [0.1, 0.15) is 5.69 Å². The van der Waals surface area contributed by atoms with Crippen LogP contribution in [0.3, 0.4) is 0 Å². The number of rotatable bonds is 2. The number of piperidine rings is 1. The Labute approximate surface area is 88.7 Å². The van der Waals surface area contributed by atoms with Crippen molar-refractivity contribution in [1.82, 2.24) is 14.9 Å². The van der Waals surface area contributed by atoms with Crippen molar-refractivity contribution >= 4 is 5.91 Å². The van der Waals surface area contributed by atoms with E-state index in [0.29, 0.717) is 18.2 Å². The Kier molecular flexibility index (Phi) is 3.01. The van der Waals surface area contributed by atoms with Gasteiger partial charge in [-0.1, -0.05) is 0 Å².